The lowest BCUT2D eigenvalue weighted by molar-refractivity contribution is -0.198. The molecule has 0 bridgehead atoms. The van der Waals surface area contributed by atoms with E-state index in [9.17, 15) is 19.2 Å². The van der Waals surface area contributed by atoms with Gasteiger partial charge in [0.1, 0.15) is 6.61 Å². The minimum atomic E-state index is -1.22. The number of carbonyl (C=O) groups excluding carboxylic acids is 4. The Balaban J connectivity index is 5.63. The first-order valence-electron chi connectivity index (χ1n) is 7.26. The standard InChI is InChI=1S/C15H24O9/c1-8(20-6)14(23-11(4)18)15(24-12(5)19)13(22-10(3)17)7-21-9(2)16/h8,13-15H,7H2,1-6H3. The third kappa shape index (κ3) is 8.47. The zero-order valence-corrected chi connectivity index (χ0v) is 14.7. The van der Waals surface area contributed by atoms with Crippen LogP contribution in [0.3, 0.4) is 0 Å². The Morgan fingerprint density at radius 2 is 1.21 bits per heavy atom. The molecular formula is C15H24O9. The maximum Gasteiger partial charge on any atom is 0.303 e. The zero-order valence-electron chi connectivity index (χ0n) is 14.7. The minimum Gasteiger partial charge on any atom is -0.462 e. The molecule has 0 spiro atoms. The first kappa shape index (κ1) is 21.8. The Morgan fingerprint density at radius 1 is 0.750 bits per heavy atom. The van der Waals surface area contributed by atoms with E-state index >= 15 is 0 Å². The van der Waals surface area contributed by atoms with E-state index in [-0.39, 0.29) is 6.61 Å². The Labute approximate surface area is 140 Å². The third-order valence-corrected chi connectivity index (χ3v) is 2.90. The summed E-state index contributed by atoms with van der Waals surface area (Å²) in [6.45, 7) is 5.85. The molecule has 4 unspecified atom stereocenters. The monoisotopic (exact) mass is 348 g/mol. The molecule has 0 aliphatic carbocycles. The van der Waals surface area contributed by atoms with Crippen LogP contribution in [0.2, 0.25) is 0 Å². The average molecular weight is 348 g/mol. The topological polar surface area (TPSA) is 114 Å². The van der Waals surface area contributed by atoms with Gasteiger partial charge < -0.3 is 23.7 Å². The summed E-state index contributed by atoms with van der Waals surface area (Å²) < 4.78 is 25.4. The highest BCUT2D eigenvalue weighted by Gasteiger charge is 2.41. The molecule has 0 heterocycles. The van der Waals surface area contributed by atoms with Crippen LogP contribution in [0.25, 0.3) is 0 Å². The second kappa shape index (κ2) is 10.6. The Bertz CT molecular complexity index is 460. The average Bonchev–Trinajstić information content (AvgIpc) is 2.45. The van der Waals surface area contributed by atoms with Crippen LogP contribution in [0.5, 0.6) is 0 Å². The summed E-state index contributed by atoms with van der Waals surface area (Å²) in [4.78, 5) is 45.2. The van der Waals surface area contributed by atoms with Gasteiger partial charge in [-0.2, -0.15) is 0 Å². The molecule has 0 N–H and O–H groups in total. The molecule has 24 heavy (non-hydrogen) atoms. The number of carbonyl (C=O) groups is 4. The molecule has 0 aromatic heterocycles. The molecule has 0 saturated carbocycles. The van der Waals surface area contributed by atoms with Crippen molar-refractivity contribution >= 4 is 23.9 Å². The summed E-state index contributed by atoms with van der Waals surface area (Å²) in [6.07, 6.45) is -4.15. The molecule has 0 rings (SSSR count). The number of ether oxygens (including phenoxy) is 5. The number of esters is 4. The summed E-state index contributed by atoms with van der Waals surface area (Å²) in [5, 5.41) is 0. The van der Waals surface area contributed by atoms with Crippen molar-refractivity contribution in [3.63, 3.8) is 0 Å². The first-order chi connectivity index (χ1) is 11.1. The van der Waals surface area contributed by atoms with Crippen LogP contribution in [0.4, 0.5) is 0 Å². The molecule has 9 heteroatoms. The highest BCUT2D eigenvalue weighted by atomic mass is 16.6. The van der Waals surface area contributed by atoms with Gasteiger partial charge in [0.05, 0.1) is 6.10 Å². The predicted octanol–water partition coefficient (Wildman–Crippen LogP) is 0.380. The number of hydrogen-bond acceptors (Lipinski definition) is 9. The zero-order chi connectivity index (χ0) is 18.9. The Kier molecular flexibility index (Phi) is 9.63. The van der Waals surface area contributed by atoms with Gasteiger partial charge in [0.25, 0.3) is 0 Å². The molecule has 0 saturated heterocycles. The van der Waals surface area contributed by atoms with E-state index in [0.29, 0.717) is 0 Å². The van der Waals surface area contributed by atoms with Crippen LogP contribution in [-0.2, 0) is 42.9 Å². The van der Waals surface area contributed by atoms with Crippen molar-refractivity contribution in [2.75, 3.05) is 13.7 Å². The fourth-order valence-electron chi connectivity index (χ4n) is 1.91. The van der Waals surface area contributed by atoms with Gasteiger partial charge in [0.15, 0.2) is 18.3 Å². The van der Waals surface area contributed by atoms with Crippen molar-refractivity contribution in [2.24, 2.45) is 0 Å². The third-order valence-electron chi connectivity index (χ3n) is 2.90. The van der Waals surface area contributed by atoms with Crippen molar-refractivity contribution < 1.29 is 42.9 Å². The van der Waals surface area contributed by atoms with Crippen LogP contribution in [0, 0.1) is 0 Å². The summed E-state index contributed by atoms with van der Waals surface area (Å²) in [5.74, 6) is -2.64. The van der Waals surface area contributed by atoms with E-state index in [4.69, 9.17) is 23.7 Å². The normalized spacial score (nSPS) is 15.4. The Hall–Kier alpha value is -2.16. The van der Waals surface area contributed by atoms with E-state index < -0.39 is 48.3 Å². The van der Waals surface area contributed by atoms with E-state index in [1.165, 1.54) is 21.0 Å². The molecule has 4 atom stereocenters. The summed E-state index contributed by atoms with van der Waals surface area (Å²) in [6, 6.07) is 0. The van der Waals surface area contributed by atoms with Gasteiger partial charge in [-0.25, -0.2) is 0 Å². The van der Waals surface area contributed by atoms with Crippen LogP contribution in [-0.4, -0.2) is 62.0 Å². The van der Waals surface area contributed by atoms with E-state index in [1.807, 2.05) is 0 Å². The van der Waals surface area contributed by atoms with Gasteiger partial charge in [-0.15, -0.1) is 0 Å². The van der Waals surface area contributed by atoms with E-state index in [1.54, 1.807) is 6.92 Å². The SMILES string of the molecule is COC(C)C(OC(C)=O)C(OC(C)=O)C(COC(C)=O)OC(C)=O. The molecular weight excluding hydrogens is 324 g/mol. The summed E-state index contributed by atoms with van der Waals surface area (Å²) in [7, 11) is 1.37. The minimum absolute atomic E-state index is 0.374. The maximum atomic E-state index is 11.4. The lowest BCUT2D eigenvalue weighted by atomic mass is 10.0. The smallest absolute Gasteiger partial charge is 0.303 e. The molecule has 0 aromatic carbocycles. The quantitative estimate of drug-likeness (QED) is 0.431. The van der Waals surface area contributed by atoms with Crippen molar-refractivity contribution in [3.8, 4) is 0 Å². The second-order valence-corrected chi connectivity index (χ2v) is 5.04. The first-order valence-corrected chi connectivity index (χ1v) is 7.26. The molecule has 0 fully saturated rings. The maximum absolute atomic E-state index is 11.4. The second-order valence-electron chi connectivity index (χ2n) is 5.04. The lowest BCUT2D eigenvalue weighted by Crippen LogP contribution is -2.51. The highest BCUT2D eigenvalue weighted by Crippen LogP contribution is 2.19. The molecule has 0 aliphatic heterocycles. The van der Waals surface area contributed by atoms with Crippen molar-refractivity contribution in [1.29, 1.82) is 0 Å². The van der Waals surface area contributed by atoms with Gasteiger partial charge in [0, 0.05) is 34.8 Å². The van der Waals surface area contributed by atoms with Gasteiger partial charge in [-0.05, 0) is 6.92 Å². The predicted molar refractivity (Wildman–Crippen MR) is 79.8 cm³/mol. The van der Waals surface area contributed by atoms with Gasteiger partial charge in [0.2, 0.25) is 0 Å². The van der Waals surface area contributed by atoms with Crippen molar-refractivity contribution in [2.45, 2.75) is 59.0 Å². The molecule has 0 aromatic rings. The Morgan fingerprint density at radius 3 is 1.58 bits per heavy atom. The van der Waals surface area contributed by atoms with Gasteiger partial charge >= 0.3 is 23.9 Å². The van der Waals surface area contributed by atoms with Crippen LogP contribution >= 0.6 is 0 Å². The van der Waals surface area contributed by atoms with Crippen molar-refractivity contribution in [1.82, 2.24) is 0 Å². The molecule has 0 amide bonds. The number of hydrogen-bond donors (Lipinski definition) is 0. The molecule has 138 valence electrons. The number of rotatable bonds is 9. The molecule has 9 nitrogen and oxygen atoms in total. The lowest BCUT2D eigenvalue weighted by Gasteiger charge is -2.34. The van der Waals surface area contributed by atoms with Gasteiger partial charge in [-0.3, -0.25) is 19.2 Å². The number of methoxy groups -OCH3 is 1. The van der Waals surface area contributed by atoms with Gasteiger partial charge in [-0.1, -0.05) is 0 Å². The summed E-state index contributed by atoms with van der Waals surface area (Å²) in [5.41, 5.74) is 0. The van der Waals surface area contributed by atoms with Crippen LogP contribution in [0.1, 0.15) is 34.6 Å². The molecule has 0 aliphatic rings. The molecule has 0 radical (unpaired) electrons. The van der Waals surface area contributed by atoms with E-state index in [0.717, 1.165) is 13.8 Å². The van der Waals surface area contributed by atoms with Crippen LogP contribution < -0.4 is 0 Å². The highest BCUT2D eigenvalue weighted by molar-refractivity contribution is 5.68. The van der Waals surface area contributed by atoms with Crippen molar-refractivity contribution in [3.05, 3.63) is 0 Å². The fourth-order valence-corrected chi connectivity index (χ4v) is 1.91. The van der Waals surface area contributed by atoms with E-state index in [2.05, 4.69) is 0 Å². The summed E-state index contributed by atoms with van der Waals surface area (Å²) >= 11 is 0. The fraction of sp³-hybridized carbons (Fsp3) is 0.733. The largest absolute Gasteiger partial charge is 0.462 e. The van der Waals surface area contributed by atoms with Crippen LogP contribution in [0.15, 0.2) is 0 Å².